The molecule has 4 rings (SSSR count). The Bertz CT molecular complexity index is 1230. The Morgan fingerprint density at radius 3 is 2.72 bits per heavy atom. The van der Waals surface area contributed by atoms with Crippen LogP contribution in [0.4, 0.5) is 15.9 Å². The first kappa shape index (κ1) is 21.7. The number of anilines is 2. The Kier molecular flexibility index (Phi) is 5.34. The zero-order valence-corrected chi connectivity index (χ0v) is 18.7. The number of aromatic nitrogens is 3. The van der Waals surface area contributed by atoms with Crippen LogP contribution in [-0.2, 0) is 11.3 Å². The van der Waals surface area contributed by atoms with Crippen LogP contribution in [0.1, 0.15) is 37.6 Å². The number of hydrogen-bond acceptors (Lipinski definition) is 5. The maximum Gasteiger partial charge on any atom is 0.258 e. The van der Waals surface area contributed by atoms with E-state index in [4.69, 9.17) is 0 Å². The van der Waals surface area contributed by atoms with E-state index >= 15 is 0 Å². The number of halogens is 1. The van der Waals surface area contributed by atoms with Gasteiger partial charge >= 0.3 is 0 Å². The third-order valence-electron chi connectivity index (χ3n) is 5.34. The number of allylic oxidation sites excluding steroid dienone is 1. The first-order valence-electron chi connectivity index (χ1n) is 10.4. The molecule has 0 spiro atoms. The van der Waals surface area contributed by atoms with Gasteiger partial charge in [0.1, 0.15) is 5.82 Å². The van der Waals surface area contributed by atoms with Crippen LogP contribution in [-0.4, -0.2) is 31.4 Å². The van der Waals surface area contributed by atoms with Crippen molar-refractivity contribution in [3.63, 3.8) is 0 Å². The molecule has 3 aromatic rings. The van der Waals surface area contributed by atoms with Gasteiger partial charge in [0.25, 0.3) is 5.91 Å². The van der Waals surface area contributed by atoms with Crippen LogP contribution in [0.2, 0.25) is 0 Å². The van der Waals surface area contributed by atoms with Crippen LogP contribution in [0, 0.1) is 19.7 Å². The molecule has 3 heterocycles. The maximum absolute atomic E-state index is 14.5. The second-order valence-electron chi connectivity index (χ2n) is 8.77. The summed E-state index contributed by atoms with van der Waals surface area (Å²) in [6.07, 6.45) is 1.55. The van der Waals surface area contributed by atoms with Crippen molar-refractivity contribution < 1.29 is 14.3 Å². The molecule has 32 heavy (non-hydrogen) atoms. The first-order valence-corrected chi connectivity index (χ1v) is 10.4. The van der Waals surface area contributed by atoms with Crippen molar-refractivity contribution in [1.82, 2.24) is 14.8 Å². The molecule has 0 fully saturated rings. The summed E-state index contributed by atoms with van der Waals surface area (Å²) in [6.45, 7) is 9.30. The van der Waals surface area contributed by atoms with E-state index in [2.05, 4.69) is 20.7 Å². The summed E-state index contributed by atoms with van der Waals surface area (Å²) in [6, 6.07) is 8.47. The van der Waals surface area contributed by atoms with Gasteiger partial charge in [0, 0.05) is 28.6 Å². The molecule has 1 aromatic carbocycles. The summed E-state index contributed by atoms with van der Waals surface area (Å²) in [5, 5.41) is 20.6. The molecule has 8 heteroatoms. The fourth-order valence-electron chi connectivity index (χ4n) is 3.89. The number of carbonyl (C=O) groups is 1. The van der Waals surface area contributed by atoms with E-state index in [9.17, 15) is 14.3 Å². The van der Waals surface area contributed by atoms with Crippen molar-refractivity contribution >= 4 is 23.0 Å². The highest BCUT2D eigenvalue weighted by Gasteiger charge is 2.28. The summed E-state index contributed by atoms with van der Waals surface area (Å²) >= 11 is 0. The number of pyridine rings is 1. The van der Waals surface area contributed by atoms with Gasteiger partial charge in [0.2, 0.25) is 0 Å². The minimum Gasteiger partial charge on any atom is -0.389 e. The van der Waals surface area contributed by atoms with Gasteiger partial charge in [-0.25, -0.2) is 4.39 Å². The first-order chi connectivity index (χ1) is 15.0. The molecule has 0 bridgehead atoms. The number of fused-ring (bicyclic) bond motifs is 1. The highest BCUT2D eigenvalue weighted by Crippen LogP contribution is 2.37. The van der Waals surface area contributed by atoms with Crippen molar-refractivity contribution in [2.75, 3.05) is 10.6 Å². The SMILES string of the molecule is C/C(Nc1cc(C)n(CC(C)(C)O)n1)=C1/C(=O)Nc2cnc(-c3c(C)cccc3F)cc21. The Morgan fingerprint density at radius 1 is 1.28 bits per heavy atom. The largest absolute Gasteiger partial charge is 0.389 e. The van der Waals surface area contributed by atoms with Crippen LogP contribution in [0.3, 0.4) is 0 Å². The predicted octanol–water partition coefficient (Wildman–Crippen LogP) is 4.27. The molecule has 7 nitrogen and oxygen atoms in total. The van der Waals surface area contributed by atoms with E-state index in [0.29, 0.717) is 46.1 Å². The standard InChI is InChI=1S/C24H26FN5O2/c1-13-7-6-8-17(25)21(13)18-10-16-19(11-26-18)28-23(31)22(16)15(3)27-20-9-14(2)30(29-20)12-24(4,5)32/h6-11,32H,12H2,1-5H3,(H,27,29)(H,28,31)/b22-15-. The maximum atomic E-state index is 14.5. The van der Waals surface area contributed by atoms with Gasteiger partial charge in [-0.05, 0) is 52.3 Å². The van der Waals surface area contributed by atoms with Crippen LogP contribution in [0.15, 0.2) is 42.2 Å². The number of carbonyl (C=O) groups excluding carboxylic acids is 1. The number of nitrogens with one attached hydrogen (secondary N) is 2. The van der Waals surface area contributed by atoms with E-state index in [1.807, 2.05) is 26.0 Å². The lowest BCUT2D eigenvalue weighted by molar-refractivity contribution is -0.110. The van der Waals surface area contributed by atoms with Crippen molar-refractivity contribution in [3.05, 3.63) is 64.9 Å². The summed E-state index contributed by atoms with van der Waals surface area (Å²) in [4.78, 5) is 17.1. The molecule has 1 aliphatic rings. The molecule has 2 aromatic heterocycles. The Hall–Kier alpha value is -3.52. The number of aryl methyl sites for hydroxylation is 2. The molecular formula is C24H26FN5O2. The van der Waals surface area contributed by atoms with Gasteiger partial charge in [0.05, 0.1) is 35.3 Å². The minimum atomic E-state index is -0.903. The fraction of sp³-hybridized carbons (Fsp3) is 0.292. The lowest BCUT2D eigenvalue weighted by atomic mass is 10.00. The highest BCUT2D eigenvalue weighted by atomic mass is 19.1. The van der Waals surface area contributed by atoms with Crippen LogP contribution < -0.4 is 10.6 Å². The smallest absolute Gasteiger partial charge is 0.258 e. The van der Waals surface area contributed by atoms with Gasteiger partial charge in [0.15, 0.2) is 5.82 Å². The van der Waals surface area contributed by atoms with Gasteiger partial charge < -0.3 is 15.7 Å². The van der Waals surface area contributed by atoms with Crippen LogP contribution >= 0.6 is 0 Å². The Morgan fingerprint density at radius 2 is 2.03 bits per heavy atom. The number of hydrogen-bond donors (Lipinski definition) is 3. The summed E-state index contributed by atoms with van der Waals surface area (Å²) in [5.41, 5.74) is 3.91. The monoisotopic (exact) mass is 435 g/mol. The Labute approximate surface area is 186 Å². The summed E-state index contributed by atoms with van der Waals surface area (Å²) in [5.74, 6) is -0.0537. The number of benzene rings is 1. The molecule has 1 aliphatic heterocycles. The number of nitrogens with zero attached hydrogens (tertiary/aromatic N) is 3. The normalized spacial score (nSPS) is 14.9. The predicted molar refractivity (Wildman–Crippen MR) is 122 cm³/mol. The number of amides is 1. The van der Waals surface area contributed by atoms with Gasteiger partial charge in [-0.2, -0.15) is 5.10 Å². The highest BCUT2D eigenvalue weighted by molar-refractivity contribution is 6.32. The lowest BCUT2D eigenvalue weighted by Gasteiger charge is -2.17. The van der Waals surface area contributed by atoms with Crippen molar-refractivity contribution in [2.45, 2.75) is 46.8 Å². The average Bonchev–Trinajstić information content (AvgIpc) is 3.18. The van der Waals surface area contributed by atoms with Crippen LogP contribution in [0.25, 0.3) is 16.8 Å². The molecule has 0 unspecified atom stereocenters. The minimum absolute atomic E-state index is 0.262. The topological polar surface area (TPSA) is 92.1 Å². The van der Waals surface area contributed by atoms with Crippen molar-refractivity contribution in [2.24, 2.45) is 0 Å². The van der Waals surface area contributed by atoms with Gasteiger partial charge in [-0.1, -0.05) is 12.1 Å². The third kappa shape index (κ3) is 4.13. The molecule has 166 valence electrons. The van der Waals surface area contributed by atoms with Gasteiger partial charge in [-0.3, -0.25) is 14.5 Å². The van der Waals surface area contributed by atoms with Crippen LogP contribution in [0.5, 0.6) is 0 Å². The second kappa shape index (κ2) is 7.87. The quantitative estimate of drug-likeness (QED) is 0.521. The van der Waals surface area contributed by atoms with E-state index in [0.717, 1.165) is 11.3 Å². The zero-order chi connectivity index (χ0) is 23.2. The molecule has 0 saturated carbocycles. The fourth-order valence-corrected chi connectivity index (χ4v) is 3.89. The molecular weight excluding hydrogens is 409 g/mol. The number of rotatable bonds is 5. The summed E-state index contributed by atoms with van der Waals surface area (Å²) in [7, 11) is 0. The molecule has 0 atom stereocenters. The molecule has 0 aliphatic carbocycles. The zero-order valence-electron chi connectivity index (χ0n) is 18.7. The summed E-state index contributed by atoms with van der Waals surface area (Å²) < 4.78 is 16.2. The molecule has 1 amide bonds. The average molecular weight is 436 g/mol. The number of aliphatic hydroxyl groups is 1. The third-order valence-corrected chi connectivity index (χ3v) is 5.34. The molecule has 0 saturated heterocycles. The molecule has 3 N–H and O–H groups in total. The van der Waals surface area contributed by atoms with E-state index in [-0.39, 0.29) is 11.7 Å². The van der Waals surface area contributed by atoms with E-state index in [1.54, 1.807) is 43.8 Å². The lowest BCUT2D eigenvalue weighted by Crippen LogP contribution is -2.27. The van der Waals surface area contributed by atoms with E-state index < -0.39 is 5.60 Å². The Balaban J connectivity index is 1.71. The van der Waals surface area contributed by atoms with Gasteiger partial charge in [-0.15, -0.1) is 0 Å². The second-order valence-corrected chi connectivity index (χ2v) is 8.77. The van der Waals surface area contributed by atoms with Crippen molar-refractivity contribution in [1.29, 1.82) is 0 Å². The molecule has 0 radical (unpaired) electrons. The van der Waals surface area contributed by atoms with E-state index in [1.165, 1.54) is 6.07 Å². The van der Waals surface area contributed by atoms with Crippen molar-refractivity contribution in [3.8, 4) is 11.3 Å².